The first-order chi connectivity index (χ1) is 14.2. The molecule has 0 spiro atoms. The minimum absolute atomic E-state index is 0.0315. The Kier molecular flexibility index (Phi) is 7.93. The molecule has 1 aromatic rings. The Morgan fingerprint density at radius 1 is 1.21 bits per heavy atom. The Hall–Kier alpha value is -2.54. The summed E-state index contributed by atoms with van der Waals surface area (Å²) in [5, 5.41) is 6.16. The predicted molar refractivity (Wildman–Crippen MR) is 116 cm³/mol. The van der Waals surface area contributed by atoms with Crippen LogP contribution < -0.4 is 15.4 Å². The number of hydrogen-bond acceptors (Lipinski definition) is 4. The highest BCUT2D eigenvalue weighted by atomic mass is 16.5. The Morgan fingerprint density at radius 3 is 2.76 bits per heavy atom. The Labute approximate surface area is 173 Å². The van der Waals surface area contributed by atoms with Gasteiger partial charge < -0.3 is 20.3 Å². The van der Waals surface area contributed by atoms with Crippen LogP contribution in [0.25, 0.3) is 0 Å². The van der Waals surface area contributed by atoms with Crippen LogP contribution in [0.4, 0.5) is 0 Å². The zero-order chi connectivity index (χ0) is 20.5. The Morgan fingerprint density at radius 2 is 2.00 bits per heavy atom. The van der Waals surface area contributed by atoms with E-state index < -0.39 is 0 Å². The van der Waals surface area contributed by atoms with E-state index in [4.69, 9.17) is 9.73 Å². The lowest BCUT2D eigenvalue weighted by Crippen LogP contribution is -2.42. The van der Waals surface area contributed by atoms with Gasteiger partial charge in [-0.1, -0.05) is 24.3 Å². The molecule has 1 aromatic carbocycles. The maximum absolute atomic E-state index is 11.6. The molecular weight excluding hydrogens is 366 g/mol. The number of guanidine groups is 1. The van der Waals surface area contributed by atoms with Gasteiger partial charge in [-0.25, -0.2) is 4.99 Å². The third kappa shape index (κ3) is 6.22. The van der Waals surface area contributed by atoms with Gasteiger partial charge in [-0.15, -0.1) is 0 Å². The van der Waals surface area contributed by atoms with E-state index in [0.29, 0.717) is 24.9 Å². The highest BCUT2D eigenvalue weighted by Crippen LogP contribution is 2.19. The van der Waals surface area contributed by atoms with Crippen LogP contribution in [0.1, 0.15) is 25.8 Å². The van der Waals surface area contributed by atoms with Crippen molar-refractivity contribution in [3.63, 3.8) is 0 Å². The van der Waals surface area contributed by atoms with E-state index in [9.17, 15) is 4.79 Å². The molecule has 2 heterocycles. The van der Waals surface area contributed by atoms with Gasteiger partial charge in [-0.05, 0) is 38.0 Å². The fourth-order valence-electron chi connectivity index (χ4n) is 3.75. The number of aliphatic imine (C=N–C) groups is 1. The van der Waals surface area contributed by atoms with Crippen molar-refractivity contribution in [3.8, 4) is 5.75 Å². The van der Waals surface area contributed by atoms with Crippen LogP contribution in [-0.2, 0) is 11.3 Å². The zero-order valence-corrected chi connectivity index (χ0v) is 17.6. The first-order valence-corrected chi connectivity index (χ1v) is 10.6. The lowest BCUT2D eigenvalue weighted by molar-refractivity contribution is -0.122. The average Bonchev–Trinajstić information content (AvgIpc) is 3.42. The third-order valence-corrected chi connectivity index (χ3v) is 5.21. The molecule has 29 heavy (non-hydrogen) atoms. The number of likely N-dealkylation sites (tertiary alicyclic amines) is 1. The molecule has 0 radical (unpaired) electrons. The fraction of sp³-hybridized carbons (Fsp3) is 0.545. The second-order valence-corrected chi connectivity index (χ2v) is 7.37. The third-order valence-electron chi connectivity index (χ3n) is 5.21. The molecule has 1 atom stereocenters. The van der Waals surface area contributed by atoms with Crippen molar-refractivity contribution in [1.82, 2.24) is 20.4 Å². The van der Waals surface area contributed by atoms with Crippen molar-refractivity contribution in [2.24, 2.45) is 4.99 Å². The zero-order valence-electron chi connectivity index (χ0n) is 17.6. The Bertz CT molecular complexity index is 726. The number of ether oxygens (including phenoxy) is 1. The summed E-state index contributed by atoms with van der Waals surface area (Å²) in [5.74, 6) is 1.55. The molecule has 7 nitrogen and oxygen atoms in total. The molecule has 2 aliphatic heterocycles. The monoisotopic (exact) mass is 399 g/mol. The molecule has 1 saturated heterocycles. The highest BCUT2D eigenvalue weighted by molar-refractivity contribution is 5.80. The molecule has 3 rings (SSSR count). The van der Waals surface area contributed by atoms with E-state index >= 15 is 0 Å². The van der Waals surface area contributed by atoms with Crippen LogP contribution in [0.5, 0.6) is 5.75 Å². The van der Waals surface area contributed by atoms with E-state index in [-0.39, 0.29) is 12.5 Å². The second kappa shape index (κ2) is 10.9. The molecule has 0 aliphatic carbocycles. The van der Waals surface area contributed by atoms with Crippen LogP contribution in [-0.4, -0.2) is 73.6 Å². The maximum atomic E-state index is 11.6. The lowest BCUT2D eigenvalue weighted by atomic mass is 10.2. The number of carbonyl (C=O) groups excluding carboxylic acids is 1. The molecule has 0 aromatic heterocycles. The molecule has 2 aliphatic rings. The van der Waals surface area contributed by atoms with E-state index in [0.717, 1.165) is 44.2 Å². The summed E-state index contributed by atoms with van der Waals surface area (Å²) in [6.45, 7) is 10.2. The number of nitrogens with zero attached hydrogens (tertiary/aromatic N) is 3. The van der Waals surface area contributed by atoms with Gasteiger partial charge in [0, 0.05) is 45.3 Å². The largest absolute Gasteiger partial charge is 0.484 e. The first kappa shape index (κ1) is 21.2. The predicted octanol–water partition coefficient (Wildman–Crippen LogP) is 1.61. The van der Waals surface area contributed by atoms with E-state index in [2.05, 4.69) is 39.5 Å². The highest BCUT2D eigenvalue weighted by Gasteiger charge is 2.29. The van der Waals surface area contributed by atoms with Crippen molar-refractivity contribution >= 4 is 11.9 Å². The van der Waals surface area contributed by atoms with Gasteiger partial charge in [-0.3, -0.25) is 9.69 Å². The van der Waals surface area contributed by atoms with Gasteiger partial charge in [0.05, 0.1) is 6.54 Å². The number of nitrogens with one attached hydrogen (secondary N) is 2. The number of carbonyl (C=O) groups is 1. The van der Waals surface area contributed by atoms with Crippen LogP contribution in [0.15, 0.2) is 41.4 Å². The van der Waals surface area contributed by atoms with Crippen LogP contribution in [0.3, 0.4) is 0 Å². The standard InChI is InChI=1S/C22H33N5O2/c1-3-23-21(28)17-29-20-9-7-8-18(14-20)15-25-22(24-4-2)27-13-10-19(16-27)26-11-5-6-12-26/h5-9,14,19H,3-4,10-13,15-17H2,1-2H3,(H,23,28)(H,24,25). The normalized spacial score (nSPS) is 19.6. The molecule has 2 N–H and O–H groups in total. The van der Waals surface area contributed by atoms with Crippen molar-refractivity contribution < 1.29 is 9.53 Å². The maximum Gasteiger partial charge on any atom is 0.257 e. The van der Waals surface area contributed by atoms with Crippen molar-refractivity contribution in [1.29, 1.82) is 0 Å². The minimum atomic E-state index is -0.109. The average molecular weight is 400 g/mol. The second-order valence-electron chi connectivity index (χ2n) is 7.37. The van der Waals surface area contributed by atoms with Crippen molar-refractivity contribution in [2.75, 3.05) is 45.9 Å². The summed E-state index contributed by atoms with van der Waals surface area (Å²) in [6, 6.07) is 8.40. The molecule has 158 valence electrons. The summed E-state index contributed by atoms with van der Waals surface area (Å²) < 4.78 is 5.59. The first-order valence-electron chi connectivity index (χ1n) is 10.6. The number of amides is 1. The fourth-order valence-corrected chi connectivity index (χ4v) is 3.75. The van der Waals surface area contributed by atoms with Crippen molar-refractivity contribution in [2.45, 2.75) is 32.9 Å². The molecular formula is C22H33N5O2. The van der Waals surface area contributed by atoms with Gasteiger partial charge in [0.2, 0.25) is 0 Å². The van der Waals surface area contributed by atoms with Gasteiger partial charge in [0.1, 0.15) is 5.75 Å². The van der Waals surface area contributed by atoms with Gasteiger partial charge in [0.25, 0.3) is 5.91 Å². The number of rotatable bonds is 8. The SMILES string of the molecule is CCNC(=O)COc1cccc(CN=C(NCC)N2CCC(N3CC=CC3)C2)c1. The summed E-state index contributed by atoms with van der Waals surface area (Å²) in [7, 11) is 0. The van der Waals surface area contributed by atoms with Gasteiger partial charge >= 0.3 is 0 Å². The van der Waals surface area contributed by atoms with Crippen LogP contribution in [0, 0.1) is 0 Å². The molecule has 7 heteroatoms. The van der Waals surface area contributed by atoms with Gasteiger partial charge in [0.15, 0.2) is 12.6 Å². The van der Waals surface area contributed by atoms with E-state index in [1.165, 1.54) is 6.42 Å². The van der Waals surface area contributed by atoms with Crippen LogP contribution >= 0.6 is 0 Å². The summed E-state index contributed by atoms with van der Waals surface area (Å²) in [5.41, 5.74) is 1.06. The van der Waals surface area contributed by atoms with Gasteiger partial charge in [-0.2, -0.15) is 0 Å². The minimum Gasteiger partial charge on any atom is -0.484 e. The van der Waals surface area contributed by atoms with Crippen LogP contribution in [0.2, 0.25) is 0 Å². The summed E-state index contributed by atoms with van der Waals surface area (Å²) in [6.07, 6.45) is 5.68. The number of hydrogen-bond donors (Lipinski definition) is 2. The summed E-state index contributed by atoms with van der Waals surface area (Å²) >= 11 is 0. The Balaban J connectivity index is 1.57. The molecule has 1 amide bonds. The lowest BCUT2D eigenvalue weighted by Gasteiger charge is -2.25. The topological polar surface area (TPSA) is 69.2 Å². The molecule has 1 fully saturated rings. The smallest absolute Gasteiger partial charge is 0.257 e. The molecule has 0 saturated carbocycles. The molecule has 0 bridgehead atoms. The summed E-state index contributed by atoms with van der Waals surface area (Å²) in [4.78, 5) is 21.3. The number of likely N-dealkylation sites (N-methyl/N-ethyl adjacent to an activating group) is 1. The quantitative estimate of drug-likeness (QED) is 0.395. The van der Waals surface area contributed by atoms with Crippen molar-refractivity contribution in [3.05, 3.63) is 42.0 Å². The molecule has 1 unspecified atom stereocenters. The number of benzene rings is 1. The van der Waals surface area contributed by atoms with E-state index in [1.54, 1.807) is 0 Å². The van der Waals surface area contributed by atoms with E-state index in [1.807, 2.05) is 31.2 Å².